The van der Waals surface area contributed by atoms with Gasteiger partial charge in [0.15, 0.2) is 11.5 Å². The number of carbonyl (C=O) groups excluding carboxylic acids is 1. The number of hydrogen-bond acceptors (Lipinski definition) is 3. The van der Waals surface area contributed by atoms with E-state index in [0.29, 0.717) is 5.56 Å². The van der Waals surface area contributed by atoms with Gasteiger partial charge in [0.1, 0.15) is 5.69 Å². The van der Waals surface area contributed by atoms with Gasteiger partial charge in [-0.3, -0.25) is 4.79 Å². The van der Waals surface area contributed by atoms with Crippen LogP contribution in [0.4, 0.5) is 17.6 Å². The van der Waals surface area contributed by atoms with E-state index < -0.39 is 23.5 Å². The van der Waals surface area contributed by atoms with Gasteiger partial charge in [0.25, 0.3) is 5.78 Å². The Morgan fingerprint density at radius 1 is 1.32 bits per heavy atom. The topological polar surface area (TPSA) is 47.8 Å². The molecule has 4 nitrogen and oxygen atoms in total. The average Bonchev–Trinajstić information content (AvgIpc) is 2.79. The van der Waals surface area contributed by atoms with Crippen LogP contribution in [0.1, 0.15) is 16.1 Å². The second-order valence-corrected chi connectivity index (χ2v) is 3.78. The van der Waals surface area contributed by atoms with Crippen LogP contribution in [-0.2, 0) is 0 Å². The summed E-state index contributed by atoms with van der Waals surface area (Å²) in [4.78, 5) is 10.9. The van der Waals surface area contributed by atoms with Crippen LogP contribution in [0.3, 0.4) is 0 Å². The van der Waals surface area contributed by atoms with Crippen LogP contribution in [0.25, 0.3) is 5.69 Å². The quantitative estimate of drug-likeness (QED) is 0.623. The molecule has 0 radical (unpaired) electrons. The molecule has 0 amide bonds. The normalized spacial score (nSPS) is 11.6. The zero-order chi connectivity index (χ0) is 14.2. The van der Waals surface area contributed by atoms with Crippen molar-refractivity contribution < 1.29 is 22.4 Å². The maximum Gasteiger partial charge on any atom is 0.456 e. The Morgan fingerprint density at radius 2 is 2.00 bits per heavy atom. The first-order chi connectivity index (χ1) is 8.80. The van der Waals surface area contributed by atoms with Crippen LogP contribution in [0.2, 0.25) is 0 Å². The molecule has 0 saturated carbocycles. The van der Waals surface area contributed by atoms with Gasteiger partial charge in [0.05, 0.1) is 6.20 Å². The van der Waals surface area contributed by atoms with Gasteiger partial charge >= 0.3 is 6.18 Å². The second kappa shape index (κ2) is 4.45. The number of benzene rings is 1. The number of halogens is 4. The van der Waals surface area contributed by atoms with Crippen molar-refractivity contribution in [2.24, 2.45) is 0 Å². The second-order valence-electron chi connectivity index (χ2n) is 3.78. The lowest BCUT2D eigenvalue weighted by atomic mass is 10.2. The highest BCUT2D eigenvalue weighted by atomic mass is 19.4. The third-order valence-electron chi connectivity index (χ3n) is 2.40. The molecule has 0 bridgehead atoms. The summed E-state index contributed by atoms with van der Waals surface area (Å²) >= 11 is 0. The first-order valence-electron chi connectivity index (χ1n) is 5.10. The highest BCUT2D eigenvalue weighted by Gasteiger charge is 2.41. The number of aromatic nitrogens is 3. The lowest BCUT2D eigenvalue weighted by molar-refractivity contribution is -0.0888. The Morgan fingerprint density at radius 3 is 2.63 bits per heavy atom. The van der Waals surface area contributed by atoms with E-state index in [1.54, 1.807) is 0 Å². The molecule has 2 aromatic rings. The van der Waals surface area contributed by atoms with Crippen LogP contribution in [-0.4, -0.2) is 27.0 Å². The standard InChI is InChI=1S/C11H7F4N3O/c1-6-3-2-4-8(9(6)12)18-5-7(16-17-18)10(19)11(13,14)15/h2-5H,1H3. The minimum atomic E-state index is -5.04. The molecule has 1 aromatic carbocycles. The molecule has 0 spiro atoms. The third kappa shape index (κ3) is 2.47. The summed E-state index contributed by atoms with van der Waals surface area (Å²) in [6, 6.07) is 4.33. The zero-order valence-corrected chi connectivity index (χ0v) is 9.57. The maximum atomic E-state index is 13.7. The molecule has 0 aliphatic heterocycles. The first-order valence-corrected chi connectivity index (χ1v) is 5.10. The zero-order valence-electron chi connectivity index (χ0n) is 9.57. The van der Waals surface area contributed by atoms with Gasteiger partial charge < -0.3 is 0 Å². The van der Waals surface area contributed by atoms with Crippen LogP contribution < -0.4 is 0 Å². The van der Waals surface area contributed by atoms with Crippen molar-refractivity contribution >= 4 is 5.78 Å². The van der Waals surface area contributed by atoms with Crippen molar-refractivity contribution in [1.29, 1.82) is 0 Å². The third-order valence-corrected chi connectivity index (χ3v) is 2.40. The summed E-state index contributed by atoms with van der Waals surface area (Å²) in [6.45, 7) is 1.50. The molecule has 1 heterocycles. The summed E-state index contributed by atoms with van der Waals surface area (Å²) in [5.74, 6) is -2.76. The van der Waals surface area contributed by atoms with E-state index >= 15 is 0 Å². The van der Waals surface area contributed by atoms with Gasteiger partial charge in [-0.1, -0.05) is 17.3 Å². The number of rotatable bonds is 2. The van der Waals surface area contributed by atoms with Gasteiger partial charge in [-0.15, -0.1) is 5.10 Å². The van der Waals surface area contributed by atoms with Crippen LogP contribution >= 0.6 is 0 Å². The Bertz CT molecular complexity index is 633. The van der Waals surface area contributed by atoms with Gasteiger partial charge in [-0.2, -0.15) is 13.2 Å². The fourth-order valence-corrected chi connectivity index (χ4v) is 1.44. The number of hydrogen-bond donors (Lipinski definition) is 0. The molecule has 0 fully saturated rings. The molecule has 19 heavy (non-hydrogen) atoms. The smallest absolute Gasteiger partial charge is 0.282 e. The van der Waals surface area contributed by atoms with E-state index in [1.165, 1.54) is 25.1 Å². The van der Waals surface area contributed by atoms with Gasteiger partial charge in [0, 0.05) is 0 Å². The lowest BCUT2D eigenvalue weighted by Crippen LogP contribution is -2.23. The van der Waals surface area contributed by atoms with Crippen LogP contribution in [0.15, 0.2) is 24.4 Å². The van der Waals surface area contributed by atoms with Gasteiger partial charge in [-0.05, 0) is 18.6 Å². The molecule has 2 rings (SSSR count). The molecule has 0 saturated heterocycles. The molecule has 100 valence electrons. The number of alkyl halides is 3. The SMILES string of the molecule is Cc1cccc(-n2cc(C(=O)C(F)(F)F)nn2)c1F. The van der Waals surface area contributed by atoms with E-state index in [4.69, 9.17) is 0 Å². The summed E-state index contributed by atoms with van der Waals surface area (Å²) < 4.78 is 51.1. The number of carbonyl (C=O) groups is 1. The van der Waals surface area contributed by atoms with Crippen LogP contribution in [0.5, 0.6) is 0 Å². The first kappa shape index (κ1) is 13.2. The molecule has 0 N–H and O–H groups in total. The molecule has 0 aliphatic carbocycles. The van der Waals surface area contributed by atoms with E-state index in [1.807, 2.05) is 0 Å². The van der Waals surface area contributed by atoms with E-state index in [2.05, 4.69) is 10.3 Å². The average molecular weight is 273 g/mol. The minimum Gasteiger partial charge on any atom is -0.282 e. The molecular formula is C11H7F4N3O. The number of nitrogens with zero attached hydrogens (tertiary/aromatic N) is 3. The largest absolute Gasteiger partial charge is 0.456 e. The van der Waals surface area contributed by atoms with E-state index in [-0.39, 0.29) is 5.69 Å². The Balaban J connectivity index is 2.42. The molecule has 8 heteroatoms. The van der Waals surface area contributed by atoms with E-state index in [0.717, 1.165) is 10.9 Å². The van der Waals surface area contributed by atoms with Crippen molar-refractivity contribution in [3.8, 4) is 5.69 Å². The summed E-state index contributed by atoms with van der Waals surface area (Å²) in [5.41, 5.74) is -0.654. The highest BCUT2D eigenvalue weighted by molar-refractivity contribution is 5.98. The van der Waals surface area contributed by atoms with Crippen LogP contribution in [0, 0.1) is 12.7 Å². The molecule has 0 aliphatic rings. The maximum absolute atomic E-state index is 13.7. The number of ketones is 1. The predicted octanol–water partition coefficient (Wildman–Crippen LogP) is 2.46. The fourth-order valence-electron chi connectivity index (χ4n) is 1.44. The Kier molecular flexibility index (Phi) is 3.09. The van der Waals surface area contributed by atoms with Gasteiger partial charge in [0.2, 0.25) is 0 Å². The summed E-state index contributed by atoms with van der Waals surface area (Å²) in [6.07, 6.45) is -4.29. The van der Waals surface area contributed by atoms with Crippen molar-refractivity contribution in [2.45, 2.75) is 13.1 Å². The summed E-state index contributed by atoms with van der Waals surface area (Å²) in [5, 5.41) is 6.44. The van der Waals surface area contributed by atoms with Crippen molar-refractivity contribution in [1.82, 2.24) is 15.0 Å². The summed E-state index contributed by atoms with van der Waals surface area (Å²) in [7, 11) is 0. The van der Waals surface area contributed by atoms with Crippen molar-refractivity contribution in [3.63, 3.8) is 0 Å². The van der Waals surface area contributed by atoms with Crippen molar-refractivity contribution in [2.75, 3.05) is 0 Å². The molecule has 0 unspecified atom stereocenters. The predicted molar refractivity (Wildman–Crippen MR) is 56.4 cm³/mol. The highest BCUT2D eigenvalue weighted by Crippen LogP contribution is 2.21. The molecule has 1 aromatic heterocycles. The minimum absolute atomic E-state index is 0.0753. The molecular weight excluding hydrogens is 266 g/mol. The Hall–Kier alpha value is -2.25. The Labute approximate surface area is 104 Å². The molecule has 0 atom stereocenters. The van der Waals surface area contributed by atoms with E-state index in [9.17, 15) is 22.4 Å². The van der Waals surface area contributed by atoms with Crippen molar-refractivity contribution in [3.05, 3.63) is 41.5 Å². The van der Waals surface area contributed by atoms with Gasteiger partial charge in [-0.25, -0.2) is 9.07 Å². The fraction of sp³-hybridized carbons (Fsp3) is 0.182. The number of aryl methyl sites for hydroxylation is 1. The number of Topliss-reactive ketones (excluding diaryl/α,β-unsaturated/α-hetero) is 1. The lowest BCUT2D eigenvalue weighted by Gasteiger charge is -2.03. The monoisotopic (exact) mass is 273 g/mol.